The zero-order valence-corrected chi connectivity index (χ0v) is 11.7. The molecule has 0 saturated heterocycles. The molecule has 2 aromatic carbocycles. The van der Waals surface area contributed by atoms with Crippen LogP contribution in [0.25, 0.3) is 11.1 Å². The van der Waals surface area contributed by atoms with Crippen molar-refractivity contribution in [2.24, 2.45) is 5.73 Å². The summed E-state index contributed by atoms with van der Waals surface area (Å²) < 4.78 is 0. The molecule has 0 bridgehead atoms. The second kappa shape index (κ2) is 5.36. The lowest BCUT2D eigenvalue weighted by Crippen LogP contribution is -2.03. The third-order valence-electron chi connectivity index (χ3n) is 3.95. The zero-order chi connectivity index (χ0) is 13.2. The number of hydrogen-bond donors (Lipinski definition) is 1. The number of halogens is 1. The van der Waals surface area contributed by atoms with Gasteiger partial charge in [0, 0.05) is 11.6 Å². The Hall–Kier alpha value is -1.31. The molecule has 0 aliphatic heterocycles. The van der Waals surface area contributed by atoms with Crippen molar-refractivity contribution in [3.63, 3.8) is 0 Å². The molecule has 2 N–H and O–H groups in total. The van der Waals surface area contributed by atoms with E-state index in [1.807, 2.05) is 18.2 Å². The van der Waals surface area contributed by atoms with Crippen LogP contribution < -0.4 is 5.73 Å². The van der Waals surface area contributed by atoms with Crippen LogP contribution in [0.15, 0.2) is 36.4 Å². The summed E-state index contributed by atoms with van der Waals surface area (Å²) in [6, 6.07) is 12.7. The Morgan fingerprint density at radius 3 is 2.53 bits per heavy atom. The normalized spacial score (nSPS) is 14.2. The van der Waals surface area contributed by atoms with E-state index < -0.39 is 0 Å². The third-order valence-corrected chi connectivity index (χ3v) is 4.19. The monoisotopic (exact) mass is 271 g/mol. The van der Waals surface area contributed by atoms with Crippen molar-refractivity contribution in [3.05, 3.63) is 58.1 Å². The Labute approximate surface area is 119 Å². The van der Waals surface area contributed by atoms with Gasteiger partial charge in [0.2, 0.25) is 0 Å². The van der Waals surface area contributed by atoms with Crippen molar-refractivity contribution in [3.8, 4) is 11.1 Å². The van der Waals surface area contributed by atoms with Crippen molar-refractivity contribution in [2.75, 3.05) is 0 Å². The summed E-state index contributed by atoms with van der Waals surface area (Å²) in [5, 5.41) is 0.768. The van der Waals surface area contributed by atoms with E-state index in [1.165, 1.54) is 47.9 Å². The Bertz CT molecular complexity index is 604. The number of benzene rings is 2. The van der Waals surface area contributed by atoms with Crippen molar-refractivity contribution >= 4 is 11.6 Å². The maximum Gasteiger partial charge on any atom is 0.0412 e. The summed E-state index contributed by atoms with van der Waals surface area (Å²) in [6.07, 6.45) is 5.03. The fraction of sp³-hybridized carbons (Fsp3) is 0.294. The Morgan fingerprint density at radius 2 is 1.74 bits per heavy atom. The lowest BCUT2D eigenvalue weighted by molar-refractivity contribution is 0.686. The van der Waals surface area contributed by atoms with Gasteiger partial charge in [-0.15, -0.1) is 0 Å². The molecule has 0 atom stereocenters. The number of nitrogens with two attached hydrogens (primary N) is 1. The first-order valence-corrected chi connectivity index (χ1v) is 7.26. The van der Waals surface area contributed by atoms with Crippen molar-refractivity contribution < 1.29 is 0 Å². The van der Waals surface area contributed by atoms with Crippen LogP contribution in [0.5, 0.6) is 0 Å². The van der Waals surface area contributed by atoms with Crippen LogP contribution in [-0.2, 0) is 19.4 Å². The largest absolute Gasteiger partial charge is 0.326 e. The zero-order valence-electron chi connectivity index (χ0n) is 11.0. The molecular formula is C17H18ClN. The highest BCUT2D eigenvalue weighted by molar-refractivity contribution is 6.30. The summed E-state index contributed by atoms with van der Waals surface area (Å²) in [6.45, 7) is 0.545. The van der Waals surface area contributed by atoms with Crippen molar-refractivity contribution in [1.29, 1.82) is 0 Å². The first-order chi connectivity index (χ1) is 9.28. The molecule has 19 heavy (non-hydrogen) atoms. The minimum Gasteiger partial charge on any atom is -0.326 e. The van der Waals surface area contributed by atoms with Gasteiger partial charge in [0.15, 0.2) is 0 Å². The van der Waals surface area contributed by atoms with Gasteiger partial charge in [-0.1, -0.05) is 35.9 Å². The molecular weight excluding hydrogens is 254 g/mol. The van der Waals surface area contributed by atoms with E-state index in [-0.39, 0.29) is 0 Å². The molecule has 1 aliphatic rings. The molecule has 98 valence electrons. The first kappa shape index (κ1) is 12.7. The van der Waals surface area contributed by atoms with Gasteiger partial charge in [-0.05, 0) is 65.6 Å². The van der Waals surface area contributed by atoms with Gasteiger partial charge in [-0.2, -0.15) is 0 Å². The maximum absolute atomic E-state index is 6.13. The summed E-state index contributed by atoms with van der Waals surface area (Å²) in [7, 11) is 0. The van der Waals surface area contributed by atoms with Gasteiger partial charge in [0.1, 0.15) is 0 Å². The van der Waals surface area contributed by atoms with E-state index in [1.54, 1.807) is 0 Å². The van der Waals surface area contributed by atoms with Crippen molar-refractivity contribution in [2.45, 2.75) is 32.2 Å². The second-order valence-corrected chi connectivity index (χ2v) is 5.63. The Balaban J connectivity index is 2.09. The predicted molar refractivity (Wildman–Crippen MR) is 81.4 cm³/mol. The molecule has 2 aromatic rings. The summed E-state index contributed by atoms with van der Waals surface area (Å²) >= 11 is 6.13. The molecule has 0 radical (unpaired) electrons. The molecule has 0 heterocycles. The van der Waals surface area contributed by atoms with Gasteiger partial charge in [0.05, 0.1) is 0 Å². The summed E-state index contributed by atoms with van der Waals surface area (Å²) in [5.74, 6) is 0. The second-order valence-electron chi connectivity index (χ2n) is 5.20. The van der Waals surface area contributed by atoms with Crippen LogP contribution >= 0.6 is 11.6 Å². The molecule has 0 unspecified atom stereocenters. The van der Waals surface area contributed by atoms with Crippen LogP contribution in [0.3, 0.4) is 0 Å². The SMILES string of the molecule is NCc1ccc(Cl)cc1-c1ccc2c(c1)CCCC2. The highest BCUT2D eigenvalue weighted by Gasteiger charge is 2.11. The first-order valence-electron chi connectivity index (χ1n) is 6.88. The molecule has 0 saturated carbocycles. The maximum atomic E-state index is 6.13. The van der Waals surface area contributed by atoms with E-state index in [4.69, 9.17) is 17.3 Å². The quantitative estimate of drug-likeness (QED) is 0.864. The molecule has 2 heteroatoms. The molecule has 1 aliphatic carbocycles. The van der Waals surface area contributed by atoms with Gasteiger partial charge >= 0.3 is 0 Å². The Morgan fingerprint density at radius 1 is 0.947 bits per heavy atom. The fourth-order valence-electron chi connectivity index (χ4n) is 2.90. The van der Waals surface area contributed by atoms with Crippen LogP contribution in [-0.4, -0.2) is 0 Å². The minimum absolute atomic E-state index is 0.545. The van der Waals surface area contributed by atoms with E-state index in [0.29, 0.717) is 6.54 Å². The fourth-order valence-corrected chi connectivity index (χ4v) is 3.07. The van der Waals surface area contributed by atoms with E-state index in [0.717, 1.165) is 10.6 Å². The number of aryl methyl sites for hydroxylation is 2. The van der Waals surface area contributed by atoms with E-state index >= 15 is 0 Å². The predicted octanol–water partition coefficient (Wildman–Crippen LogP) is 4.34. The minimum atomic E-state index is 0.545. The van der Waals surface area contributed by atoms with E-state index in [9.17, 15) is 0 Å². The van der Waals surface area contributed by atoms with Crippen molar-refractivity contribution in [1.82, 2.24) is 0 Å². The van der Waals surface area contributed by atoms with Crippen LogP contribution in [0, 0.1) is 0 Å². The van der Waals surface area contributed by atoms with Crippen LogP contribution in [0.1, 0.15) is 29.5 Å². The van der Waals surface area contributed by atoms with Gasteiger partial charge in [0.25, 0.3) is 0 Å². The average molecular weight is 272 g/mol. The molecule has 1 nitrogen and oxygen atoms in total. The number of fused-ring (bicyclic) bond motifs is 1. The number of rotatable bonds is 2. The molecule has 0 amide bonds. The van der Waals surface area contributed by atoms with Gasteiger partial charge in [-0.25, -0.2) is 0 Å². The molecule has 0 fully saturated rings. The summed E-state index contributed by atoms with van der Waals surface area (Å²) in [4.78, 5) is 0. The van der Waals surface area contributed by atoms with Crippen LogP contribution in [0.4, 0.5) is 0 Å². The Kier molecular flexibility index (Phi) is 3.58. The molecule has 0 spiro atoms. The topological polar surface area (TPSA) is 26.0 Å². The third kappa shape index (κ3) is 2.54. The highest BCUT2D eigenvalue weighted by atomic mass is 35.5. The summed E-state index contributed by atoms with van der Waals surface area (Å²) in [5.41, 5.74) is 12.4. The van der Waals surface area contributed by atoms with Crippen LogP contribution in [0.2, 0.25) is 5.02 Å². The standard InChI is InChI=1S/C17H18ClN/c18-16-8-7-15(11-19)17(10-16)14-6-5-12-3-1-2-4-13(12)9-14/h5-10H,1-4,11,19H2. The average Bonchev–Trinajstić information content (AvgIpc) is 2.46. The molecule has 3 rings (SSSR count). The van der Waals surface area contributed by atoms with Gasteiger partial charge in [-0.3, -0.25) is 0 Å². The highest BCUT2D eigenvalue weighted by Crippen LogP contribution is 2.31. The van der Waals surface area contributed by atoms with E-state index in [2.05, 4.69) is 18.2 Å². The molecule has 0 aromatic heterocycles. The lowest BCUT2D eigenvalue weighted by atomic mass is 9.88. The number of hydrogen-bond acceptors (Lipinski definition) is 1. The van der Waals surface area contributed by atoms with Gasteiger partial charge < -0.3 is 5.73 Å². The lowest BCUT2D eigenvalue weighted by Gasteiger charge is -2.17. The smallest absolute Gasteiger partial charge is 0.0412 e.